The first kappa shape index (κ1) is 11.6. The van der Waals surface area contributed by atoms with E-state index >= 15 is 0 Å². The van der Waals surface area contributed by atoms with Crippen molar-refractivity contribution in [2.45, 2.75) is 12.3 Å². The van der Waals surface area contributed by atoms with Crippen molar-refractivity contribution in [2.24, 2.45) is 0 Å². The van der Waals surface area contributed by atoms with Crippen molar-refractivity contribution in [3.63, 3.8) is 0 Å². The molecule has 1 N–H and O–H groups in total. The van der Waals surface area contributed by atoms with E-state index in [0.29, 0.717) is 26.3 Å². The topological polar surface area (TPSA) is 83.9 Å². The highest BCUT2D eigenvalue weighted by atomic mass is 32.2. The summed E-state index contributed by atoms with van der Waals surface area (Å²) in [6.45, 7) is 2.57. The first-order valence-electron chi connectivity index (χ1n) is 4.21. The van der Waals surface area contributed by atoms with Crippen LogP contribution in [0.4, 0.5) is 0 Å². The van der Waals surface area contributed by atoms with Crippen molar-refractivity contribution < 1.29 is 22.5 Å². The van der Waals surface area contributed by atoms with E-state index in [1.807, 2.05) is 0 Å². The van der Waals surface area contributed by atoms with Crippen LogP contribution in [-0.4, -0.2) is 55.3 Å². The van der Waals surface area contributed by atoms with Gasteiger partial charge in [0.2, 0.25) is 0 Å². The number of ether oxygens (including phenoxy) is 1. The summed E-state index contributed by atoms with van der Waals surface area (Å²) in [5, 5.41) is -1.44. The summed E-state index contributed by atoms with van der Waals surface area (Å²) < 4.78 is 35.7. The smallest absolute Gasteiger partial charge is 0.288 e. The summed E-state index contributed by atoms with van der Waals surface area (Å²) in [7, 11) is -4.34. The maximum Gasteiger partial charge on any atom is 0.288 e. The van der Waals surface area contributed by atoms with Crippen molar-refractivity contribution in [1.29, 1.82) is 0 Å². The molecule has 82 valence electrons. The van der Waals surface area contributed by atoms with Gasteiger partial charge in [0.05, 0.1) is 13.2 Å². The lowest BCUT2D eigenvalue weighted by atomic mass is 10.3. The molecule has 1 fully saturated rings. The molecule has 0 amide bonds. The molecule has 0 bridgehead atoms. The summed E-state index contributed by atoms with van der Waals surface area (Å²) in [5.74, 6) is -0.575. The molecule has 1 unspecified atom stereocenters. The zero-order valence-electron chi connectivity index (χ0n) is 7.84. The lowest BCUT2D eigenvalue weighted by molar-refractivity contribution is -0.120. The van der Waals surface area contributed by atoms with Crippen LogP contribution < -0.4 is 0 Å². The number of carbonyl (C=O) groups excluding carboxylic acids is 1. The lowest BCUT2D eigenvalue weighted by Gasteiger charge is -2.30. The fourth-order valence-electron chi connectivity index (χ4n) is 1.47. The molecule has 1 heterocycles. The number of Topliss-reactive ketones (excluding diaryl/α,β-unsaturated/α-hetero) is 1. The summed E-state index contributed by atoms with van der Waals surface area (Å²) in [6.07, 6.45) is 0. The standard InChI is InChI=1S/C7H13NO5S/c1-6(9)7(14(10,11)12)8-2-4-13-5-3-8/h7H,2-5H2,1H3,(H,10,11,12). The largest absolute Gasteiger partial charge is 0.379 e. The summed E-state index contributed by atoms with van der Waals surface area (Å²) in [5.41, 5.74) is 0. The number of hydrogen-bond acceptors (Lipinski definition) is 5. The third kappa shape index (κ3) is 2.74. The van der Waals surface area contributed by atoms with E-state index in [1.54, 1.807) is 0 Å². The molecule has 0 saturated carbocycles. The van der Waals surface area contributed by atoms with Crippen molar-refractivity contribution >= 4 is 15.9 Å². The average Bonchev–Trinajstić information content (AvgIpc) is 2.02. The zero-order chi connectivity index (χ0) is 10.8. The van der Waals surface area contributed by atoms with Crippen LogP contribution in [0, 0.1) is 0 Å². The van der Waals surface area contributed by atoms with Crippen LogP contribution in [0.5, 0.6) is 0 Å². The predicted octanol–water partition coefficient (Wildman–Crippen LogP) is -0.878. The summed E-state index contributed by atoms with van der Waals surface area (Å²) in [6, 6.07) is 0. The Morgan fingerprint density at radius 3 is 2.29 bits per heavy atom. The maximum absolute atomic E-state index is 11.1. The molecule has 0 spiro atoms. The van der Waals surface area contributed by atoms with Crippen molar-refractivity contribution in [2.75, 3.05) is 26.3 Å². The van der Waals surface area contributed by atoms with Crippen molar-refractivity contribution in [3.05, 3.63) is 0 Å². The van der Waals surface area contributed by atoms with Gasteiger partial charge in [-0.05, 0) is 6.92 Å². The van der Waals surface area contributed by atoms with Gasteiger partial charge in [0.15, 0.2) is 11.2 Å². The van der Waals surface area contributed by atoms with Crippen LogP contribution in [0.15, 0.2) is 0 Å². The van der Waals surface area contributed by atoms with Crippen LogP contribution >= 0.6 is 0 Å². The Labute approximate surface area is 82.6 Å². The Kier molecular flexibility index (Phi) is 3.59. The van der Waals surface area contributed by atoms with Gasteiger partial charge in [0.1, 0.15) is 0 Å². The number of ketones is 1. The third-order valence-corrected chi connectivity index (χ3v) is 3.20. The fraction of sp³-hybridized carbons (Fsp3) is 0.857. The molecule has 0 aromatic carbocycles. The van der Waals surface area contributed by atoms with E-state index in [9.17, 15) is 13.2 Å². The van der Waals surface area contributed by atoms with E-state index in [4.69, 9.17) is 9.29 Å². The molecule has 14 heavy (non-hydrogen) atoms. The third-order valence-electron chi connectivity index (χ3n) is 2.01. The van der Waals surface area contributed by atoms with Crippen LogP contribution in [0.25, 0.3) is 0 Å². The Hall–Kier alpha value is -0.500. The van der Waals surface area contributed by atoms with E-state index in [0.717, 1.165) is 6.92 Å². The maximum atomic E-state index is 11.1. The van der Waals surface area contributed by atoms with E-state index in [2.05, 4.69) is 0 Å². The van der Waals surface area contributed by atoms with Crippen LogP contribution in [0.1, 0.15) is 6.92 Å². The van der Waals surface area contributed by atoms with E-state index in [-0.39, 0.29) is 0 Å². The molecule has 7 heteroatoms. The highest BCUT2D eigenvalue weighted by Crippen LogP contribution is 2.10. The fourth-order valence-corrected chi connectivity index (χ4v) is 2.47. The Balaban J connectivity index is 2.82. The number of carbonyl (C=O) groups is 1. The molecule has 1 atom stereocenters. The van der Waals surface area contributed by atoms with Gasteiger partial charge >= 0.3 is 0 Å². The summed E-state index contributed by atoms with van der Waals surface area (Å²) in [4.78, 5) is 12.5. The second-order valence-electron chi connectivity index (χ2n) is 3.13. The molecule has 1 aliphatic heterocycles. The molecule has 6 nitrogen and oxygen atoms in total. The molecule has 0 radical (unpaired) electrons. The zero-order valence-corrected chi connectivity index (χ0v) is 8.66. The van der Waals surface area contributed by atoms with E-state index in [1.165, 1.54) is 4.90 Å². The molecule has 1 saturated heterocycles. The van der Waals surface area contributed by atoms with Crippen molar-refractivity contribution in [3.8, 4) is 0 Å². The highest BCUT2D eigenvalue weighted by Gasteiger charge is 2.34. The normalized spacial score (nSPS) is 21.9. The molecular weight excluding hydrogens is 210 g/mol. The molecule has 1 aliphatic rings. The molecular formula is C7H13NO5S. The minimum absolute atomic E-state index is 0.337. The SMILES string of the molecule is CC(=O)C(N1CCOCC1)S(=O)(=O)O. The van der Waals surface area contributed by atoms with Gasteiger partial charge in [0.25, 0.3) is 10.1 Å². The monoisotopic (exact) mass is 223 g/mol. The first-order chi connectivity index (χ1) is 6.43. The Morgan fingerprint density at radius 1 is 1.43 bits per heavy atom. The van der Waals surface area contributed by atoms with Crippen LogP contribution in [-0.2, 0) is 19.6 Å². The quantitative estimate of drug-likeness (QED) is 0.626. The second kappa shape index (κ2) is 4.35. The lowest BCUT2D eigenvalue weighted by Crippen LogP contribution is -2.50. The second-order valence-corrected chi connectivity index (χ2v) is 4.60. The molecule has 1 rings (SSSR count). The number of rotatable bonds is 3. The minimum Gasteiger partial charge on any atom is -0.379 e. The number of hydrogen-bond donors (Lipinski definition) is 1. The van der Waals surface area contributed by atoms with Gasteiger partial charge in [-0.2, -0.15) is 8.42 Å². The number of nitrogens with zero attached hydrogens (tertiary/aromatic N) is 1. The van der Waals surface area contributed by atoms with Gasteiger partial charge in [-0.15, -0.1) is 0 Å². The van der Waals surface area contributed by atoms with Gasteiger partial charge in [0, 0.05) is 13.1 Å². The minimum atomic E-state index is -4.34. The molecule has 0 aromatic heterocycles. The van der Waals surface area contributed by atoms with Gasteiger partial charge < -0.3 is 4.74 Å². The first-order valence-corrected chi connectivity index (χ1v) is 5.72. The van der Waals surface area contributed by atoms with Gasteiger partial charge in [-0.3, -0.25) is 14.2 Å². The Morgan fingerprint density at radius 2 is 1.93 bits per heavy atom. The predicted molar refractivity (Wildman–Crippen MR) is 48.4 cm³/mol. The van der Waals surface area contributed by atoms with Crippen molar-refractivity contribution in [1.82, 2.24) is 4.90 Å². The highest BCUT2D eigenvalue weighted by molar-refractivity contribution is 7.87. The van der Waals surface area contributed by atoms with E-state index < -0.39 is 21.3 Å². The summed E-state index contributed by atoms with van der Waals surface area (Å²) >= 11 is 0. The van der Waals surface area contributed by atoms with Gasteiger partial charge in [-0.1, -0.05) is 0 Å². The van der Waals surface area contributed by atoms with Gasteiger partial charge in [-0.25, -0.2) is 0 Å². The van der Waals surface area contributed by atoms with Crippen LogP contribution in [0.3, 0.4) is 0 Å². The van der Waals surface area contributed by atoms with Crippen LogP contribution in [0.2, 0.25) is 0 Å². The Bertz CT molecular complexity index is 306. The average molecular weight is 223 g/mol. The molecule has 0 aliphatic carbocycles. The molecule has 0 aromatic rings. The number of morpholine rings is 1.